The molecule has 0 saturated carbocycles. The minimum absolute atomic E-state index is 0.152. The van der Waals surface area contributed by atoms with Gasteiger partial charge >= 0.3 is 5.69 Å². The molecular weight excluding hydrogens is 322 g/mol. The van der Waals surface area contributed by atoms with Crippen LogP contribution in [0.3, 0.4) is 0 Å². The molecule has 3 heterocycles. The van der Waals surface area contributed by atoms with Gasteiger partial charge in [-0.15, -0.1) is 0 Å². The fourth-order valence-corrected chi connectivity index (χ4v) is 3.31. The summed E-state index contributed by atoms with van der Waals surface area (Å²) in [5, 5.41) is 3.66. The van der Waals surface area contributed by atoms with E-state index < -0.39 is 11.2 Å². The van der Waals surface area contributed by atoms with E-state index in [0.29, 0.717) is 30.0 Å². The van der Waals surface area contributed by atoms with E-state index in [0.717, 1.165) is 25.9 Å². The minimum atomic E-state index is -0.627. The Morgan fingerprint density at radius 1 is 1.32 bits per heavy atom. The fourth-order valence-electron chi connectivity index (χ4n) is 3.31. The van der Waals surface area contributed by atoms with Gasteiger partial charge in [-0.1, -0.05) is 6.92 Å². The highest BCUT2D eigenvalue weighted by atomic mass is 16.2. The molecule has 0 aromatic carbocycles. The normalized spacial score (nSPS) is 15.7. The van der Waals surface area contributed by atoms with Crippen LogP contribution in [0.25, 0.3) is 11.0 Å². The Bertz CT molecular complexity index is 893. The van der Waals surface area contributed by atoms with E-state index >= 15 is 0 Å². The molecule has 0 bridgehead atoms. The highest BCUT2D eigenvalue weighted by Gasteiger charge is 2.25. The van der Waals surface area contributed by atoms with Gasteiger partial charge in [0.15, 0.2) is 0 Å². The number of aryl methyl sites for hydroxylation is 1. The largest absolute Gasteiger partial charge is 0.337 e. The number of amides is 1. The zero-order chi connectivity index (χ0) is 18.0. The molecule has 2 aromatic heterocycles. The lowest BCUT2D eigenvalue weighted by atomic mass is 9.96. The summed E-state index contributed by atoms with van der Waals surface area (Å²) in [5.74, 6) is 0.429. The van der Waals surface area contributed by atoms with Crippen molar-refractivity contribution in [3.05, 3.63) is 38.2 Å². The molecule has 0 atom stereocenters. The van der Waals surface area contributed by atoms with Gasteiger partial charge in [-0.05, 0) is 50.4 Å². The van der Waals surface area contributed by atoms with E-state index in [2.05, 4.69) is 27.2 Å². The number of aromatic amines is 2. The Hall–Kier alpha value is -2.48. The van der Waals surface area contributed by atoms with Crippen LogP contribution in [0.1, 0.15) is 35.8 Å². The first-order valence-corrected chi connectivity index (χ1v) is 8.63. The summed E-state index contributed by atoms with van der Waals surface area (Å²) in [6.45, 7) is 7.14. The number of pyridine rings is 1. The van der Waals surface area contributed by atoms with Gasteiger partial charge in [0, 0.05) is 13.1 Å². The third-order valence-corrected chi connectivity index (χ3v) is 4.71. The predicted octanol–water partition coefficient (Wildman–Crippen LogP) is 0.382. The molecule has 1 amide bonds. The van der Waals surface area contributed by atoms with E-state index in [-0.39, 0.29) is 17.2 Å². The smallest absolute Gasteiger partial charge is 0.327 e. The van der Waals surface area contributed by atoms with Gasteiger partial charge in [-0.25, -0.2) is 9.78 Å². The van der Waals surface area contributed by atoms with Crippen molar-refractivity contribution in [1.29, 1.82) is 0 Å². The molecule has 3 N–H and O–H groups in total. The molecule has 1 aliphatic rings. The number of carbonyl (C=O) groups excluding carboxylic acids is 1. The fraction of sp³-hybridized carbons (Fsp3) is 0.529. The molecule has 0 unspecified atom stereocenters. The van der Waals surface area contributed by atoms with E-state index in [1.165, 1.54) is 0 Å². The van der Waals surface area contributed by atoms with E-state index in [1.807, 2.05) is 0 Å². The van der Waals surface area contributed by atoms with Crippen molar-refractivity contribution in [3.8, 4) is 0 Å². The van der Waals surface area contributed by atoms with Crippen LogP contribution in [0.15, 0.2) is 15.7 Å². The second-order valence-electron chi connectivity index (χ2n) is 6.50. The molecule has 0 radical (unpaired) electrons. The molecule has 1 aliphatic heterocycles. The Morgan fingerprint density at radius 2 is 2.04 bits per heavy atom. The molecule has 1 fully saturated rings. The van der Waals surface area contributed by atoms with Gasteiger partial charge in [0.1, 0.15) is 11.3 Å². The van der Waals surface area contributed by atoms with Gasteiger partial charge in [-0.2, -0.15) is 0 Å². The van der Waals surface area contributed by atoms with Crippen LogP contribution in [0.4, 0.5) is 0 Å². The van der Waals surface area contributed by atoms with Crippen molar-refractivity contribution in [2.75, 3.05) is 26.2 Å². The monoisotopic (exact) mass is 345 g/mol. The lowest BCUT2D eigenvalue weighted by Crippen LogP contribution is -2.41. The molecule has 2 aromatic rings. The molecule has 25 heavy (non-hydrogen) atoms. The zero-order valence-corrected chi connectivity index (χ0v) is 14.5. The molecule has 0 aliphatic carbocycles. The van der Waals surface area contributed by atoms with Crippen molar-refractivity contribution >= 4 is 16.9 Å². The Morgan fingerprint density at radius 3 is 2.72 bits per heavy atom. The average Bonchev–Trinajstić information content (AvgIpc) is 2.58. The van der Waals surface area contributed by atoms with Crippen LogP contribution in [0.5, 0.6) is 0 Å². The number of likely N-dealkylation sites (tertiary alicyclic amines) is 1. The van der Waals surface area contributed by atoms with E-state index in [4.69, 9.17) is 0 Å². The number of fused-ring (bicyclic) bond motifs is 1. The van der Waals surface area contributed by atoms with Crippen molar-refractivity contribution in [3.63, 3.8) is 0 Å². The molecule has 8 heteroatoms. The Kier molecular flexibility index (Phi) is 4.98. The van der Waals surface area contributed by atoms with Gasteiger partial charge < -0.3 is 10.2 Å². The SMILES string of the molecule is CCNCC1CCN(C(=O)c2cc(C)c3c(=O)[nH]c(=O)[nH]c3n2)CC1. The number of carbonyl (C=O) groups is 1. The number of H-pyrrole nitrogens is 2. The third kappa shape index (κ3) is 3.63. The zero-order valence-electron chi connectivity index (χ0n) is 14.5. The first-order chi connectivity index (χ1) is 12.0. The van der Waals surface area contributed by atoms with Crippen molar-refractivity contribution in [1.82, 2.24) is 25.2 Å². The predicted molar refractivity (Wildman–Crippen MR) is 94.9 cm³/mol. The number of aromatic nitrogens is 3. The summed E-state index contributed by atoms with van der Waals surface area (Å²) in [6, 6.07) is 1.61. The number of nitrogens with one attached hydrogen (secondary N) is 3. The van der Waals surface area contributed by atoms with Gasteiger partial charge in [0.25, 0.3) is 11.5 Å². The Balaban J connectivity index is 1.81. The number of hydrogen-bond acceptors (Lipinski definition) is 5. The minimum Gasteiger partial charge on any atom is -0.337 e. The van der Waals surface area contributed by atoms with Crippen LogP contribution in [-0.4, -0.2) is 51.9 Å². The Labute approximate surface area is 144 Å². The maximum atomic E-state index is 12.8. The van der Waals surface area contributed by atoms with Crippen molar-refractivity contribution < 1.29 is 4.79 Å². The molecular formula is C17H23N5O3. The summed E-state index contributed by atoms with van der Waals surface area (Å²) in [6.07, 6.45) is 1.92. The first kappa shape index (κ1) is 17.3. The summed E-state index contributed by atoms with van der Waals surface area (Å²) < 4.78 is 0. The van der Waals surface area contributed by atoms with Crippen LogP contribution in [0, 0.1) is 12.8 Å². The summed E-state index contributed by atoms with van der Waals surface area (Å²) in [7, 11) is 0. The van der Waals surface area contributed by atoms with Gasteiger partial charge in [-0.3, -0.25) is 19.6 Å². The standard InChI is InChI=1S/C17H23N5O3/c1-3-18-9-11-4-6-22(7-5-11)16(24)12-8-10(2)13-14(19-12)20-17(25)21-15(13)23/h8,11,18H,3-7,9H2,1-2H3,(H2,19,20,21,23,25). The average molecular weight is 345 g/mol. The quantitative estimate of drug-likeness (QED) is 0.742. The third-order valence-electron chi connectivity index (χ3n) is 4.71. The summed E-state index contributed by atoms with van der Waals surface area (Å²) >= 11 is 0. The van der Waals surface area contributed by atoms with Gasteiger partial charge in [0.2, 0.25) is 0 Å². The van der Waals surface area contributed by atoms with E-state index in [1.54, 1.807) is 17.9 Å². The summed E-state index contributed by atoms with van der Waals surface area (Å²) in [4.78, 5) is 46.8. The molecule has 134 valence electrons. The second-order valence-corrected chi connectivity index (χ2v) is 6.50. The van der Waals surface area contributed by atoms with Crippen molar-refractivity contribution in [2.45, 2.75) is 26.7 Å². The van der Waals surface area contributed by atoms with Crippen LogP contribution < -0.4 is 16.6 Å². The number of nitrogens with zero attached hydrogens (tertiary/aromatic N) is 2. The molecule has 3 rings (SSSR count). The van der Waals surface area contributed by atoms with Crippen LogP contribution in [-0.2, 0) is 0 Å². The van der Waals surface area contributed by atoms with E-state index in [9.17, 15) is 14.4 Å². The number of rotatable bonds is 4. The molecule has 8 nitrogen and oxygen atoms in total. The topological polar surface area (TPSA) is 111 Å². The maximum absolute atomic E-state index is 12.8. The highest BCUT2D eigenvalue weighted by molar-refractivity contribution is 5.95. The van der Waals surface area contributed by atoms with Crippen molar-refractivity contribution in [2.24, 2.45) is 5.92 Å². The van der Waals surface area contributed by atoms with Crippen LogP contribution >= 0.6 is 0 Å². The molecule has 1 saturated heterocycles. The lowest BCUT2D eigenvalue weighted by molar-refractivity contribution is 0.0684. The first-order valence-electron chi connectivity index (χ1n) is 8.63. The summed E-state index contributed by atoms with van der Waals surface area (Å²) in [5.41, 5.74) is -0.0892. The number of hydrogen-bond donors (Lipinski definition) is 3. The van der Waals surface area contributed by atoms with Crippen LogP contribution in [0.2, 0.25) is 0 Å². The maximum Gasteiger partial charge on any atom is 0.327 e. The highest BCUT2D eigenvalue weighted by Crippen LogP contribution is 2.19. The number of piperidine rings is 1. The second kappa shape index (κ2) is 7.18. The molecule has 0 spiro atoms. The lowest BCUT2D eigenvalue weighted by Gasteiger charge is -2.32. The van der Waals surface area contributed by atoms with Gasteiger partial charge in [0.05, 0.1) is 5.39 Å².